The van der Waals surface area contributed by atoms with E-state index >= 15 is 0 Å². The second-order valence-corrected chi connectivity index (χ2v) is 17.9. The Morgan fingerprint density at radius 2 is 1.03 bits per heavy atom. The highest BCUT2D eigenvalue weighted by atomic mass is 16.2. The summed E-state index contributed by atoms with van der Waals surface area (Å²) >= 11 is 0. The van der Waals surface area contributed by atoms with Gasteiger partial charge in [0, 0.05) is 25.4 Å². The molecule has 2 radical (unpaired) electrons. The van der Waals surface area contributed by atoms with Crippen molar-refractivity contribution < 1.29 is 38.4 Å². The number of hydrogen-bond acceptors (Lipinski definition) is 12. The Morgan fingerprint density at radius 1 is 0.575 bits per heavy atom. The minimum atomic E-state index is -0.977. The number of benzene rings is 2. The maximum atomic E-state index is 12.7. The summed E-state index contributed by atoms with van der Waals surface area (Å²) < 4.78 is 0. The molecule has 20 nitrogen and oxygen atoms in total. The SMILES string of the molecule is CCCN.CCCNC(N)=O.CCN.CN.Cc1ccc(-c2ccccc2)cc1.[B]C(C)CC(NC(=O)CNC(=O)CNC(=O)C(CC(C)C)NC(=O)CNC(=O)CNC(=O)CCC(=O)C(N)C(C)C)C(C)C. The molecule has 2 aromatic carbocycles. The van der Waals surface area contributed by atoms with E-state index < -0.39 is 67.3 Å². The summed E-state index contributed by atoms with van der Waals surface area (Å²) in [5, 5.41) is 17.4. The first-order chi connectivity index (χ1) is 34.4. The Morgan fingerprint density at radius 3 is 1.44 bits per heavy atom. The molecule has 0 bridgehead atoms. The number of carbonyl (C=O) groups is 8. The number of aryl methyl sites for hydroxylation is 1. The monoisotopic (exact) mass is 1030 g/mol. The molecule has 0 aliphatic heterocycles. The van der Waals surface area contributed by atoms with Crippen molar-refractivity contribution in [2.75, 3.05) is 52.9 Å². The molecule has 4 atom stereocenters. The molecule has 414 valence electrons. The molecule has 2 rings (SSSR count). The molecule has 0 aliphatic rings. The molecule has 0 saturated heterocycles. The van der Waals surface area contributed by atoms with Gasteiger partial charge in [0.25, 0.3) is 0 Å². The number of nitrogens with one attached hydrogen (secondary N) is 7. The number of Topliss-reactive ketones (excluding diaryl/α,β-unsaturated/α-hetero) is 1. The van der Waals surface area contributed by atoms with Crippen LogP contribution in [0.2, 0.25) is 5.82 Å². The maximum Gasteiger partial charge on any atom is 0.312 e. The van der Waals surface area contributed by atoms with Crippen LogP contribution >= 0.6 is 0 Å². The zero-order valence-electron chi connectivity index (χ0n) is 46.2. The highest BCUT2D eigenvalue weighted by Crippen LogP contribution is 2.19. The van der Waals surface area contributed by atoms with Crippen molar-refractivity contribution in [3.63, 3.8) is 0 Å². The van der Waals surface area contributed by atoms with Crippen LogP contribution in [0.1, 0.15) is 113 Å². The largest absolute Gasteiger partial charge is 0.352 e. The first-order valence-corrected chi connectivity index (χ1v) is 25.2. The van der Waals surface area contributed by atoms with Crippen LogP contribution < -0.4 is 65.9 Å². The molecule has 2 aromatic rings. The van der Waals surface area contributed by atoms with Gasteiger partial charge in [-0.15, -0.1) is 0 Å². The summed E-state index contributed by atoms with van der Waals surface area (Å²) in [6, 6.07) is 16.8. The normalized spacial score (nSPS) is 11.6. The molecule has 0 saturated carbocycles. The quantitative estimate of drug-likeness (QED) is 0.0639. The third-order valence-corrected chi connectivity index (χ3v) is 9.58. The third kappa shape index (κ3) is 44.5. The van der Waals surface area contributed by atoms with E-state index in [1.807, 2.05) is 54.5 Å². The lowest BCUT2D eigenvalue weighted by atomic mass is 9.81. The zero-order valence-corrected chi connectivity index (χ0v) is 46.2. The van der Waals surface area contributed by atoms with E-state index in [1.54, 1.807) is 13.8 Å². The average Bonchev–Trinajstić information content (AvgIpc) is 3.35. The average molecular weight is 1030 g/mol. The minimum Gasteiger partial charge on any atom is -0.352 e. The Hall–Kier alpha value is -5.90. The summed E-state index contributed by atoms with van der Waals surface area (Å²) in [4.78, 5) is 95.4. The summed E-state index contributed by atoms with van der Waals surface area (Å²) in [6.45, 7) is 21.8. The van der Waals surface area contributed by atoms with E-state index in [-0.39, 0.29) is 67.1 Å². The molecule has 0 heterocycles. The lowest BCUT2D eigenvalue weighted by molar-refractivity contribution is -0.131. The lowest BCUT2D eigenvalue weighted by Gasteiger charge is -2.24. The van der Waals surface area contributed by atoms with Crippen molar-refractivity contribution in [2.24, 2.45) is 46.4 Å². The Balaban J connectivity index is -0.000000653. The topological polar surface area (TPSA) is 351 Å². The highest BCUT2D eigenvalue weighted by Gasteiger charge is 2.24. The van der Waals surface area contributed by atoms with Gasteiger partial charge in [-0.2, -0.15) is 0 Å². The number of nitrogens with two attached hydrogens (primary N) is 5. The molecule has 4 unspecified atom stereocenters. The zero-order chi connectivity index (χ0) is 56.9. The van der Waals surface area contributed by atoms with Gasteiger partial charge in [0.1, 0.15) is 11.8 Å². The van der Waals surface area contributed by atoms with Crippen LogP contribution in [-0.2, 0) is 33.6 Å². The van der Waals surface area contributed by atoms with E-state index in [2.05, 4.69) is 105 Å². The van der Waals surface area contributed by atoms with Crippen molar-refractivity contribution in [3.8, 4) is 11.1 Å². The first-order valence-electron chi connectivity index (χ1n) is 25.2. The first kappa shape index (κ1) is 73.6. The van der Waals surface area contributed by atoms with Crippen LogP contribution in [-0.4, -0.2) is 126 Å². The summed E-state index contributed by atoms with van der Waals surface area (Å²) in [7, 11) is 7.33. The molecule has 0 aliphatic carbocycles. The van der Waals surface area contributed by atoms with Crippen molar-refractivity contribution in [1.82, 2.24) is 37.2 Å². The smallest absolute Gasteiger partial charge is 0.312 e. The standard InChI is InChI=1S/C29H52BN7O7.C13H12.C4H10N2O.C3H9N.C2H7N.CH5N/c1-16(2)10-21(29(44)35-13-25(41)34-14-26(42)36-20(17(3)4)11-19(7)30)37-27(43)15-33-24(40)12-32-23(39)9-8-22(38)28(31)18(5)6;1-11-7-9-13(10-8-11)12-5-3-2-4-6-12;1-2-3-6-4(5)7;1-2-3-4;1-2-3;1-2/h16-21,28H,8-15,31H2,1-7H3,(H,32,39)(H,33,40)(H,34,41)(H,35,44)(H,36,42)(H,37,43);2-10H,1H3;2-3H2,1H3,(H3,5,6,7);2-4H2,1H3;2-3H2,1H3;2H2,1H3. The second-order valence-electron chi connectivity index (χ2n) is 17.9. The fourth-order valence-corrected chi connectivity index (χ4v) is 5.54. The summed E-state index contributed by atoms with van der Waals surface area (Å²) in [6.07, 6.45) is 2.73. The minimum absolute atomic E-state index is 0.0143. The molecule has 0 aromatic heterocycles. The summed E-state index contributed by atoms with van der Waals surface area (Å²) in [5.74, 6) is -3.57. The van der Waals surface area contributed by atoms with E-state index in [0.29, 0.717) is 13.0 Å². The molecule has 0 fully saturated rings. The number of urea groups is 1. The predicted molar refractivity (Wildman–Crippen MR) is 296 cm³/mol. The Kier molecular flexibility index (Phi) is 47.5. The van der Waals surface area contributed by atoms with Gasteiger partial charge >= 0.3 is 6.03 Å². The molecule has 21 heteroatoms. The fourth-order valence-electron chi connectivity index (χ4n) is 5.54. The second kappa shape index (κ2) is 47.1. The predicted octanol–water partition coefficient (Wildman–Crippen LogP) is 2.44. The van der Waals surface area contributed by atoms with Crippen LogP contribution in [0.4, 0.5) is 4.79 Å². The highest BCUT2D eigenvalue weighted by molar-refractivity contribution is 6.11. The number of rotatable bonds is 25. The van der Waals surface area contributed by atoms with Gasteiger partial charge in [0.15, 0.2) is 0 Å². The molecule has 0 spiro atoms. The van der Waals surface area contributed by atoms with Crippen LogP contribution in [0, 0.1) is 24.7 Å². The fraction of sp³-hybridized carbons (Fsp3) is 0.615. The van der Waals surface area contributed by atoms with E-state index in [1.165, 1.54) is 23.7 Å². The van der Waals surface area contributed by atoms with Gasteiger partial charge in [-0.1, -0.05) is 135 Å². The molecule has 73 heavy (non-hydrogen) atoms. The van der Waals surface area contributed by atoms with Crippen LogP contribution in [0.3, 0.4) is 0 Å². The van der Waals surface area contributed by atoms with Crippen LogP contribution in [0.15, 0.2) is 54.6 Å². The van der Waals surface area contributed by atoms with Gasteiger partial charge in [-0.3, -0.25) is 33.6 Å². The summed E-state index contributed by atoms with van der Waals surface area (Å²) in [5.41, 5.74) is 28.7. The maximum absolute atomic E-state index is 12.7. The van der Waals surface area contributed by atoms with Gasteiger partial charge in [0.2, 0.25) is 35.4 Å². The van der Waals surface area contributed by atoms with E-state index in [9.17, 15) is 38.4 Å². The van der Waals surface area contributed by atoms with Crippen LogP contribution in [0.5, 0.6) is 0 Å². The lowest BCUT2D eigenvalue weighted by Crippen LogP contribution is -2.52. The Bertz CT molecular complexity index is 1800. The van der Waals surface area contributed by atoms with Gasteiger partial charge in [-0.05, 0) is 81.6 Å². The van der Waals surface area contributed by atoms with E-state index in [4.69, 9.17) is 30.8 Å². The molecular weight excluding hydrogens is 931 g/mol. The van der Waals surface area contributed by atoms with Gasteiger partial charge in [0.05, 0.1) is 40.1 Å². The number of carbonyl (C=O) groups excluding carboxylic acids is 8. The van der Waals surface area contributed by atoms with E-state index in [0.717, 1.165) is 25.9 Å². The van der Waals surface area contributed by atoms with Gasteiger partial charge in [-0.25, -0.2) is 4.79 Å². The van der Waals surface area contributed by atoms with Crippen molar-refractivity contribution in [3.05, 3.63) is 60.2 Å². The van der Waals surface area contributed by atoms with Crippen molar-refractivity contribution in [1.29, 1.82) is 0 Å². The molecular formula is C52H95BN12O8. The molecule has 17 N–H and O–H groups in total. The third-order valence-electron chi connectivity index (χ3n) is 9.58. The number of amides is 8. The van der Waals surface area contributed by atoms with Crippen molar-refractivity contribution in [2.45, 2.75) is 139 Å². The molecule has 8 amide bonds. The van der Waals surface area contributed by atoms with Crippen molar-refractivity contribution >= 4 is 55.1 Å². The Labute approximate surface area is 438 Å². The number of hydrogen-bond donors (Lipinski definition) is 12. The van der Waals surface area contributed by atoms with Gasteiger partial charge < -0.3 is 65.9 Å². The van der Waals surface area contributed by atoms with Crippen LogP contribution in [0.25, 0.3) is 11.1 Å². The number of ketones is 1. The number of primary amides is 1.